The van der Waals surface area contributed by atoms with E-state index >= 15 is 0 Å². The number of hydrogen-bond acceptors (Lipinski definition) is 3. The molecule has 1 atom stereocenters. The fourth-order valence-electron chi connectivity index (χ4n) is 2.36. The van der Waals surface area contributed by atoms with Crippen molar-refractivity contribution in [1.29, 1.82) is 0 Å². The Morgan fingerprint density at radius 3 is 3.18 bits per heavy atom. The van der Waals surface area contributed by atoms with E-state index in [0.29, 0.717) is 5.92 Å². The maximum atomic E-state index is 11.9. The molecule has 0 aliphatic carbocycles. The molecule has 1 aliphatic rings. The molecule has 0 amide bonds. The van der Waals surface area contributed by atoms with Gasteiger partial charge in [-0.2, -0.15) is 5.10 Å². The molecule has 2 heterocycles. The number of nitrogens with zero attached hydrogens (tertiary/aromatic N) is 2. The highest BCUT2D eigenvalue weighted by Gasteiger charge is 2.13. The first-order chi connectivity index (χ1) is 8.20. The van der Waals surface area contributed by atoms with E-state index in [-0.39, 0.29) is 5.56 Å². The van der Waals surface area contributed by atoms with E-state index in [1.807, 2.05) is 0 Å². The number of aryl methyl sites for hydroxylation is 1. The molecule has 1 aromatic heterocycles. The lowest BCUT2D eigenvalue weighted by atomic mass is 10.1. The van der Waals surface area contributed by atoms with Crippen molar-refractivity contribution in [3.05, 3.63) is 22.1 Å². The van der Waals surface area contributed by atoms with Crippen molar-refractivity contribution in [1.82, 2.24) is 9.78 Å². The van der Waals surface area contributed by atoms with Gasteiger partial charge in [-0.1, -0.05) is 20.3 Å². The highest BCUT2D eigenvalue weighted by Crippen LogP contribution is 2.17. The van der Waals surface area contributed by atoms with Crippen LogP contribution in [-0.4, -0.2) is 16.3 Å². The van der Waals surface area contributed by atoms with E-state index in [0.717, 1.165) is 50.2 Å². The van der Waals surface area contributed by atoms with E-state index < -0.39 is 0 Å². The van der Waals surface area contributed by atoms with E-state index in [1.165, 1.54) is 0 Å². The smallest absolute Gasteiger partial charge is 0.268 e. The third-order valence-corrected chi connectivity index (χ3v) is 3.25. The monoisotopic (exact) mass is 235 g/mol. The summed E-state index contributed by atoms with van der Waals surface area (Å²) >= 11 is 0. The van der Waals surface area contributed by atoms with Gasteiger partial charge in [0.2, 0.25) is 0 Å². The normalized spacial score (nSPS) is 16.1. The summed E-state index contributed by atoms with van der Waals surface area (Å²) in [7, 11) is 0. The van der Waals surface area contributed by atoms with E-state index in [4.69, 9.17) is 0 Å². The molecule has 1 aliphatic heterocycles. The molecule has 17 heavy (non-hydrogen) atoms. The van der Waals surface area contributed by atoms with Crippen molar-refractivity contribution in [3.63, 3.8) is 0 Å². The standard InChI is InChI=1S/C13H21N3O/c1-3-5-10(2)9-16-13(17)8-12-11(15-16)6-4-7-14-12/h8,10,14H,3-7,9H2,1-2H3. The second kappa shape index (κ2) is 5.34. The Kier molecular flexibility index (Phi) is 3.82. The van der Waals surface area contributed by atoms with Crippen LogP contribution in [0.25, 0.3) is 0 Å². The third kappa shape index (κ3) is 2.87. The van der Waals surface area contributed by atoms with Crippen LogP contribution in [0, 0.1) is 5.92 Å². The van der Waals surface area contributed by atoms with Crippen LogP contribution in [-0.2, 0) is 13.0 Å². The molecule has 0 bridgehead atoms. The summed E-state index contributed by atoms with van der Waals surface area (Å²) in [5.41, 5.74) is 1.99. The molecule has 1 aromatic rings. The summed E-state index contributed by atoms with van der Waals surface area (Å²) in [5, 5.41) is 7.71. The number of fused-ring (bicyclic) bond motifs is 1. The fraction of sp³-hybridized carbons (Fsp3) is 0.692. The van der Waals surface area contributed by atoms with Crippen molar-refractivity contribution in [2.45, 2.75) is 46.1 Å². The van der Waals surface area contributed by atoms with Gasteiger partial charge in [-0.25, -0.2) is 4.68 Å². The lowest BCUT2D eigenvalue weighted by Gasteiger charge is -2.19. The number of rotatable bonds is 4. The van der Waals surface area contributed by atoms with Gasteiger partial charge >= 0.3 is 0 Å². The highest BCUT2D eigenvalue weighted by atomic mass is 16.1. The molecule has 1 N–H and O–H groups in total. The van der Waals surface area contributed by atoms with Gasteiger partial charge in [0.15, 0.2) is 0 Å². The predicted molar refractivity (Wildman–Crippen MR) is 69.4 cm³/mol. The van der Waals surface area contributed by atoms with Crippen LogP contribution >= 0.6 is 0 Å². The Balaban J connectivity index is 2.20. The molecule has 4 heteroatoms. The van der Waals surface area contributed by atoms with Gasteiger partial charge in [-0.05, 0) is 25.2 Å². The Hall–Kier alpha value is -1.32. The van der Waals surface area contributed by atoms with Crippen LogP contribution < -0.4 is 10.9 Å². The maximum absolute atomic E-state index is 11.9. The van der Waals surface area contributed by atoms with Crippen LogP contribution in [0.2, 0.25) is 0 Å². The van der Waals surface area contributed by atoms with Crippen LogP contribution in [0.15, 0.2) is 10.9 Å². The summed E-state index contributed by atoms with van der Waals surface area (Å²) in [6, 6.07) is 1.69. The lowest BCUT2D eigenvalue weighted by molar-refractivity contribution is 0.404. The van der Waals surface area contributed by atoms with Crippen LogP contribution in [0.3, 0.4) is 0 Å². The fourth-order valence-corrected chi connectivity index (χ4v) is 2.36. The van der Waals surface area contributed by atoms with Crippen molar-refractivity contribution in [2.24, 2.45) is 5.92 Å². The zero-order valence-electron chi connectivity index (χ0n) is 10.7. The minimum absolute atomic E-state index is 0.0149. The van der Waals surface area contributed by atoms with Gasteiger partial charge in [-0.3, -0.25) is 4.79 Å². The molecule has 1 unspecified atom stereocenters. The molecule has 0 aromatic carbocycles. The molecule has 0 saturated carbocycles. The SMILES string of the molecule is CCCC(C)Cn1nc2c(cc1=O)NCCC2. The zero-order chi connectivity index (χ0) is 12.3. The number of nitrogens with one attached hydrogen (secondary N) is 1. The molecule has 4 nitrogen and oxygen atoms in total. The van der Waals surface area contributed by atoms with Gasteiger partial charge in [0, 0.05) is 19.2 Å². The summed E-state index contributed by atoms with van der Waals surface area (Å²) in [6.45, 7) is 6.03. The Bertz CT molecular complexity index is 439. The first-order valence-corrected chi connectivity index (χ1v) is 6.55. The van der Waals surface area contributed by atoms with Gasteiger partial charge < -0.3 is 5.32 Å². The molecular formula is C13H21N3O. The molecule has 0 radical (unpaired) electrons. The van der Waals surface area contributed by atoms with Gasteiger partial charge in [0.1, 0.15) is 0 Å². The molecule has 0 spiro atoms. The number of aromatic nitrogens is 2. The molecule has 2 rings (SSSR count). The highest BCUT2D eigenvalue weighted by molar-refractivity contribution is 5.48. The van der Waals surface area contributed by atoms with Crippen molar-refractivity contribution < 1.29 is 0 Å². The minimum atomic E-state index is 0.0149. The van der Waals surface area contributed by atoms with Gasteiger partial charge in [0.05, 0.1) is 11.4 Å². The van der Waals surface area contributed by atoms with Crippen molar-refractivity contribution >= 4 is 5.69 Å². The maximum Gasteiger partial charge on any atom is 0.268 e. The summed E-state index contributed by atoms with van der Waals surface area (Å²) in [6.07, 6.45) is 4.37. The Morgan fingerprint density at radius 1 is 1.59 bits per heavy atom. The summed E-state index contributed by atoms with van der Waals surface area (Å²) in [4.78, 5) is 11.9. The molecule has 0 saturated heterocycles. The molecular weight excluding hydrogens is 214 g/mol. The summed E-state index contributed by atoms with van der Waals surface area (Å²) < 4.78 is 1.63. The lowest BCUT2D eigenvalue weighted by Crippen LogP contribution is -2.29. The van der Waals surface area contributed by atoms with Crippen molar-refractivity contribution in [2.75, 3.05) is 11.9 Å². The molecule has 0 fully saturated rings. The van der Waals surface area contributed by atoms with Crippen LogP contribution in [0.5, 0.6) is 0 Å². The van der Waals surface area contributed by atoms with E-state index in [1.54, 1.807) is 10.7 Å². The second-order valence-electron chi connectivity index (χ2n) is 4.95. The zero-order valence-corrected chi connectivity index (χ0v) is 10.7. The molecule has 94 valence electrons. The number of anilines is 1. The predicted octanol–water partition coefficient (Wildman–Crippen LogP) is 2.04. The minimum Gasteiger partial charge on any atom is -0.383 e. The average Bonchev–Trinajstić information content (AvgIpc) is 2.30. The van der Waals surface area contributed by atoms with Crippen LogP contribution in [0.1, 0.15) is 38.8 Å². The average molecular weight is 235 g/mol. The Morgan fingerprint density at radius 2 is 2.41 bits per heavy atom. The summed E-state index contributed by atoms with van der Waals surface area (Å²) in [5.74, 6) is 0.514. The number of hydrogen-bond donors (Lipinski definition) is 1. The third-order valence-electron chi connectivity index (χ3n) is 3.25. The largest absolute Gasteiger partial charge is 0.383 e. The first-order valence-electron chi connectivity index (χ1n) is 6.55. The Labute approximate surface area is 102 Å². The van der Waals surface area contributed by atoms with Gasteiger partial charge in [0.25, 0.3) is 5.56 Å². The quantitative estimate of drug-likeness (QED) is 0.868. The van der Waals surface area contributed by atoms with Crippen molar-refractivity contribution in [3.8, 4) is 0 Å². The van der Waals surface area contributed by atoms with Crippen LogP contribution in [0.4, 0.5) is 5.69 Å². The first kappa shape index (κ1) is 12.1. The topological polar surface area (TPSA) is 46.9 Å². The van der Waals surface area contributed by atoms with Gasteiger partial charge in [-0.15, -0.1) is 0 Å². The van der Waals surface area contributed by atoms with E-state index in [2.05, 4.69) is 24.3 Å². The second-order valence-corrected chi connectivity index (χ2v) is 4.95. The van der Waals surface area contributed by atoms with E-state index in [9.17, 15) is 4.79 Å².